The molecule has 0 saturated heterocycles. The van der Waals surface area contributed by atoms with Crippen molar-refractivity contribution in [2.75, 3.05) is 0 Å². The van der Waals surface area contributed by atoms with Crippen LogP contribution in [-0.4, -0.2) is 0 Å². The number of rotatable bonds is 0. The Labute approximate surface area is 96.8 Å². The van der Waals surface area contributed by atoms with Crippen LogP contribution in [0, 0.1) is 0 Å². The van der Waals surface area contributed by atoms with Crippen LogP contribution in [0.15, 0.2) is 12.1 Å². The molecule has 3 heteroatoms. The summed E-state index contributed by atoms with van der Waals surface area (Å²) < 4.78 is 0. The van der Waals surface area contributed by atoms with Crippen LogP contribution < -0.4 is 75.4 Å². The van der Waals surface area contributed by atoms with Crippen molar-refractivity contribution >= 4 is 11.6 Å². The van der Waals surface area contributed by atoms with Crippen LogP contribution in [0.3, 0.4) is 0 Å². The van der Waals surface area contributed by atoms with Gasteiger partial charge in [-0.15, -0.1) is 0 Å². The van der Waals surface area contributed by atoms with Crippen LogP contribution in [0.4, 0.5) is 0 Å². The zero-order chi connectivity index (χ0) is 2.71. The first-order chi connectivity index (χ1) is 1.41. The van der Waals surface area contributed by atoms with E-state index >= 15 is 0 Å². The molecule has 26 valence electrons. The van der Waals surface area contributed by atoms with Gasteiger partial charge in [0.05, 0.1) is 0 Å². The van der Waals surface area contributed by atoms with E-state index in [0.717, 1.165) is 0 Å². The third-order valence-electron chi connectivity index (χ3n) is 0. The Morgan fingerprint density at radius 2 is 1.60 bits per heavy atom. The molecule has 5 heavy (non-hydrogen) atoms. The number of halogens is 2. The maximum atomic E-state index is 4.76. The molecule has 0 aliphatic carbocycles. The van der Waals surface area contributed by atoms with Gasteiger partial charge < -0.3 is 24.0 Å². The van der Waals surface area contributed by atoms with Gasteiger partial charge in [-0.3, -0.25) is 0 Å². The van der Waals surface area contributed by atoms with Gasteiger partial charge in [0.15, 0.2) is 0 Å². The summed E-state index contributed by atoms with van der Waals surface area (Å²) in [7, 11) is 0. The van der Waals surface area contributed by atoms with E-state index in [1.54, 1.807) is 0 Å². The van der Waals surface area contributed by atoms with Gasteiger partial charge in [-0.2, -0.15) is 0 Å². The Morgan fingerprint density at radius 3 is 1.60 bits per heavy atom. The van der Waals surface area contributed by atoms with Gasteiger partial charge >= 0.3 is 51.4 Å². The van der Waals surface area contributed by atoms with E-state index in [4.69, 9.17) is 11.6 Å². The van der Waals surface area contributed by atoms with E-state index in [1.165, 1.54) is 5.54 Å². The minimum absolute atomic E-state index is 0. The Morgan fingerprint density at radius 1 is 1.60 bits per heavy atom. The zero-order valence-electron chi connectivity index (χ0n) is 3.04. The average molecular weight is 229 g/mol. The average Bonchev–Trinajstić information content (AvgIpc) is 0.918. The Bertz CT molecular complexity index is 17.1. The summed E-state index contributed by atoms with van der Waals surface area (Å²) in [6.07, 6.45) is 0. The first kappa shape index (κ1) is 15.7. The molecule has 0 saturated carbocycles. The van der Waals surface area contributed by atoms with E-state index in [2.05, 4.69) is 6.58 Å². The standard InChI is InChI=1S/C2H3Cl.HI.K/c1-2-3;;/h2H,1H2;1H;/q;;+1/p-1. The minimum atomic E-state index is 0. The summed E-state index contributed by atoms with van der Waals surface area (Å²) in [5.74, 6) is 0. The summed E-state index contributed by atoms with van der Waals surface area (Å²) in [5.41, 5.74) is 1.22. The maximum absolute atomic E-state index is 4.76. The molecule has 0 amide bonds. The fraction of sp³-hybridized carbons (Fsp3) is 0. The molecule has 0 N–H and O–H groups in total. The second-order valence-corrected chi connectivity index (χ2v) is 0.463. The fourth-order valence-electron chi connectivity index (χ4n) is 0. The second-order valence-electron chi connectivity index (χ2n) is 0.154. The molecule has 0 aliphatic rings. The molecule has 0 nitrogen and oxygen atoms in total. The quantitative estimate of drug-likeness (QED) is 0.289. The first-order valence-electron chi connectivity index (χ1n) is 0.626. The molecule has 0 unspecified atom stereocenters. The molecule has 0 bridgehead atoms. The first-order valence-corrected chi connectivity index (χ1v) is 1.06. The Kier molecular flexibility index (Phi) is 50.6. The fourth-order valence-corrected chi connectivity index (χ4v) is 0. The summed E-state index contributed by atoms with van der Waals surface area (Å²) >= 11 is 4.76. The molecule has 0 aromatic carbocycles. The predicted octanol–water partition coefficient (Wildman–Crippen LogP) is -4.62. The second kappa shape index (κ2) is 16.1. The van der Waals surface area contributed by atoms with Crippen molar-refractivity contribution in [1.82, 2.24) is 0 Å². The predicted molar refractivity (Wildman–Crippen MR) is 16.1 cm³/mol. The summed E-state index contributed by atoms with van der Waals surface area (Å²) in [6.45, 7) is 3.13. The molecule has 0 aromatic rings. The van der Waals surface area contributed by atoms with Crippen molar-refractivity contribution < 1.29 is 75.4 Å². The SMILES string of the molecule is C=CCl.[I-].[K+]. The topological polar surface area (TPSA) is 0 Å². The Hall–Kier alpha value is 2.40. The van der Waals surface area contributed by atoms with Crippen LogP contribution in [0.1, 0.15) is 0 Å². The van der Waals surface area contributed by atoms with Gasteiger partial charge in [0.2, 0.25) is 0 Å². The van der Waals surface area contributed by atoms with Crippen molar-refractivity contribution in [3.05, 3.63) is 12.1 Å². The van der Waals surface area contributed by atoms with Gasteiger partial charge in [0.25, 0.3) is 0 Å². The third kappa shape index (κ3) is 21.5. The zero-order valence-corrected chi connectivity index (χ0v) is 9.08. The molecule has 0 aromatic heterocycles. The third-order valence-corrected chi connectivity index (χ3v) is 0. The Balaban J connectivity index is -0.0000000200. The van der Waals surface area contributed by atoms with Crippen LogP contribution in [0.25, 0.3) is 0 Å². The van der Waals surface area contributed by atoms with Crippen LogP contribution in [-0.2, 0) is 0 Å². The monoisotopic (exact) mass is 228 g/mol. The van der Waals surface area contributed by atoms with Gasteiger partial charge in [-0.05, 0) is 5.54 Å². The molecular formula is C2H3ClIK. The smallest absolute Gasteiger partial charge is 1.00 e. The van der Waals surface area contributed by atoms with Crippen molar-refractivity contribution in [3.63, 3.8) is 0 Å². The summed E-state index contributed by atoms with van der Waals surface area (Å²) in [5, 5.41) is 0. The molecule has 0 fully saturated rings. The van der Waals surface area contributed by atoms with Crippen molar-refractivity contribution in [3.8, 4) is 0 Å². The van der Waals surface area contributed by atoms with E-state index < -0.39 is 0 Å². The van der Waals surface area contributed by atoms with Gasteiger partial charge in [-0.25, -0.2) is 0 Å². The van der Waals surface area contributed by atoms with Gasteiger partial charge in [0, 0.05) is 0 Å². The summed E-state index contributed by atoms with van der Waals surface area (Å²) in [6, 6.07) is 0. The largest absolute Gasteiger partial charge is 1.00 e. The van der Waals surface area contributed by atoms with Crippen LogP contribution in [0.5, 0.6) is 0 Å². The van der Waals surface area contributed by atoms with E-state index in [9.17, 15) is 0 Å². The van der Waals surface area contributed by atoms with Crippen molar-refractivity contribution in [2.24, 2.45) is 0 Å². The normalized spacial score (nSPS) is 2.60. The molecule has 0 spiro atoms. The van der Waals surface area contributed by atoms with Crippen LogP contribution in [0.2, 0.25) is 0 Å². The molecule has 0 atom stereocenters. The molecule has 0 radical (unpaired) electrons. The van der Waals surface area contributed by atoms with E-state index in [0.29, 0.717) is 0 Å². The van der Waals surface area contributed by atoms with Crippen molar-refractivity contribution in [2.45, 2.75) is 0 Å². The van der Waals surface area contributed by atoms with Gasteiger partial charge in [-0.1, -0.05) is 18.2 Å². The minimum Gasteiger partial charge on any atom is -1.00 e. The van der Waals surface area contributed by atoms with Crippen LogP contribution >= 0.6 is 11.6 Å². The van der Waals surface area contributed by atoms with Gasteiger partial charge in [0.1, 0.15) is 0 Å². The summed E-state index contributed by atoms with van der Waals surface area (Å²) in [4.78, 5) is 0. The maximum Gasteiger partial charge on any atom is 1.00 e. The molecule has 0 rings (SSSR count). The molecular weight excluding hydrogens is 225 g/mol. The molecule has 0 aliphatic heterocycles. The number of hydrogen-bond donors (Lipinski definition) is 0. The van der Waals surface area contributed by atoms with E-state index in [1.807, 2.05) is 0 Å². The molecule has 0 heterocycles. The van der Waals surface area contributed by atoms with Crippen molar-refractivity contribution in [1.29, 1.82) is 0 Å². The number of hydrogen-bond acceptors (Lipinski definition) is 0. The van der Waals surface area contributed by atoms with E-state index in [-0.39, 0.29) is 75.4 Å².